The van der Waals surface area contributed by atoms with Gasteiger partial charge in [0, 0.05) is 17.9 Å². The van der Waals surface area contributed by atoms with E-state index in [0.29, 0.717) is 11.0 Å². The van der Waals surface area contributed by atoms with Crippen molar-refractivity contribution in [3.63, 3.8) is 0 Å². The van der Waals surface area contributed by atoms with Gasteiger partial charge in [0.15, 0.2) is 11.5 Å². The molecule has 100 valence electrons. The minimum Gasteiger partial charge on any atom is -0.452 e. The van der Waals surface area contributed by atoms with Crippen LogP contribution in [0.15, 0.2) is 34.7 Å². The number of hydrogen-bond donors (Lipinski definition) is 0. The van der Waals surface area contributed by atoms with Crippen molar-refractivity contribution in [3.8, 4) is 0 Å². The Morgan fingerprint density at radius 1 is 1.25 bits per heavy atom. The summed E-state index contributed by atoms with van der Waals surface area (Å²) >= 11 is 0. The molecule has 0 fully saturated rings. The smallest absolute Gasteiger partial charge is 0.280 e. The molecule has 1 heterocycles. The number of benzene rings is 2. The van der Waals surface area contributed by atoms with E-state index in [1.165, 1.54) is 13.0 Å². The van der Waals surface area contributed by atoms with Crippen LogP contribution in [0.5, 0.6) is 0 Å². The van der Waals surface area contributed by atoms with Gasteiger partial charge in [-0.05, 0) is 18.4 Å². The summed E-state index contributed by atoms with van der Waals surface area (Å²) in [6.45, 7) is 3.21. The molecule has 3 aromatic rings. The number of rotatable bonds is 2. The van der Waals surface area contributed by atoms with Crippen LogP contribution in [0, 0.1) is 17.0 Å². The molecule has 2 aromatic carbocycles. The van der Waals surface area contributed by atoms with Gasteiger partial charge in [-0.3, -0.25) is 14.9 Å². The quantitative estimate of drug-likeness (QED) is 0.400. The van der Waals surface area contributed by atoms with Crippen molar-refractivity contribution >= 4 is 33.2 Å². The van der Waals surface area contributed by atoms with Gasteiger partial charge >= 0.3 is 0 Å². The Morgan fingerprint density at radius 3 is 2.50 bits per heavy atom. The van der Waals surface area contributed by atoms with E-state index in [4.69, 9.17) is 4.42 Å². The summed E-state index contributed by atoms with van der Waals surface area (Å²) in [6.07, 6.45) is 0. The molecule has 0 bridgehead atoms. The Morgan fingerprint density at radius 2 is 1.90 bits per heavy atom. The van der Waals surface area contributed by atoms with E-state index in [1.54, 1.807) is 25.1 Å². The molecule has 0 unspecified atom stereocenters. The molecule has 0 aliphatic carbocycles. The fourth-order valence-electron chi connectivity index (χ4n) is 2.59. The Labute approximate surface area is 113 Å². The molecule has 20 heavy (non-hydrogen) atoms. The third kappa shape index (κ3) is 1.60. The number of Topliss-reactive ketones (excluding diaryl/α,β-unsaturated/α-hetero) is 1. The molecule has 0 aliphatic heterocycles. The SMILES string of the molecule is CC(=O)c1oc2cc([N+](=O)[O-])c3ccccc3c2c1C. The van der Waals surface area contributed by atoms with Crippen LogP contribution in [0.3, 0.4) is 0 Å². The average Bonchev–Trinajstić information content (AvgIpc) is 2.75. The fraction of sp³-hybridized carbons (Fsp3) is 0.133. The van der Waals surface area contributed by atoms with Crippen LogP contribution in [0.2, 0.25) is 0 Å². The molecule has 0 aliphatic rings. The molecule has 0 saturated heterocycles. The van der Waals surface area contributed by atoms with Gasteiger partial charge in [-0.1, -0.05) is 18.2 Å². The summed E-state index contributed by atoms with van der Waals surface area (Å²) in [5, 5.41) is 13.2. The number of carbonyl (C=O) groups is 1. The van der Waals surface area contributed by atoms with Crippen molar-refractivity contribution in [3.05, 3.63) is 51.8 Å². The topological polar surface area (TPSA) is 73.3 Å². The molecular formula is C15H11NO4. The molecule has 0 radical (unpaired) electrons. The second kappa shape index (κ2) is 4.16. The summed E-state index contributed by atoms with van der Waals surface area (Å²) in [7, 11) is 0. The summed E-state index contributed by atoms with van der Waals surface area (Å²) in [6, 6.07) is 8.45. The van der Waals surface area contributed by atoms with Gasteiger partial charge in [0.1, 0.15) is 5.58 Å². The van der Waals surface area contributed by atoms with Gasteiger partial charge in [-0.15, -0.1) is 0 Å². The molecule has 3 rings (SSSR count). The van der Waals surface area contributed by atoms with Crippen LogP contribution in [-0.2, 0) is 0 Å². The Hall–Kier alpha value is -2.69. The number of nitrogens with zero attached hydrogens (tertiary/aromatic N) is 1. The largest absolute Gasteiger partial charge is 0.452 e. The fourth-order valence-corrected chi connectivity index (χ4v) is 2.59. The highest BCUT2D eigenvalue weighted by molar-refractivity contribution is 6.14. The molecule has 0 amide bonds. The van der Waals surface area contributed by atoms with Crippen molar-refractivity contribution < 1.29 is 14.1 Å². The minimum atomic E-state index is -0.437. The molecule has 0 N–H and O–H groups in total. The van der Waals surface area contributed by atoms with E-state index < -0.39 is 4.92 Å². The first-order valence-corrected chi connectivity index (χ1v) is 6.11. The third-order valence-electron chi connectivity index (χ3n) is 3.43. The predicted octanol–water partition coefficient (Wildman–Crippen LogP) is 4.01. The number of nitro benzene ring substituents is 1. The van der Waals surface area contributed by atoms with E-state index >= 15 is 0 Å². The van der Waals surface area contributed by atoms with Gasteiger partial charge < -0.3 is 4.42 Å². The van der Waals surface area contributed by atoms with Crippen LogP contribution >= 0.6 is 0 Å². The number of hydrogen-bond acceptors (Lipinski definition) is 4. The Balaban J connectivity index is 2.57. The molecule has 0 atom stereocenters. The highest BCUT2D eigenvalue weighted by atomic mass is 16.6. The third-order valence-corrected chi connectivity index (χ3v) is 3.43. The van der Waals surface area contributed by atoms with Crippen LogP contribution in [0.25, 0.3) is 21.7 Å². The van der Waals surface area contributed by atoms with Crippen LogP contribution in [-0.4, -0.2) is 10.7 Å². The van der Waals surface area contributed by atoms with E-state index in [0.717, 1.165) is 16.3 Å². The zero-order chi connectivity index (χ0) is 14.4. The average molecular weight is 269 g/mol. The van der Waals surface area contributed by atoms with Crippen molar-refractivity contribution in [2.45, 2.75) is 13.8 Å². The standard InChI is InChI=1S/C15H11NO4/c1-8-14-11-6-4-3-5-10(11)12(16(18)19)7-13(14)20-15(8)9(2)17/h3-7H,1-2H3. The Bertz CT molecular complexity index is 876. The number of carbonyl (C=O) groups excluding carboxylic acids is 1. The number of ketones is 1. The number of furan rings is 1. The lowest BCUT2D eigenvalue weighted by Crippen LogP contribution is -1.91. The van der Waals surface area contributed by atoms with Crippen molar-refractivity contribution in [2.75, 3.05) is 0 Å². The summed E-state index contributed by atoms with van der Waals surface area (Å²) in [5.74, 6) is 0.0658. The maximum atomic E-state index is 11.6. The molecule has 0 saturated carbocycles. The van der Waals surface area contributed by atoms with Gasteiger partial charge in [-0.2, -0.15) is 0 Å². The van der Waals surface area contributed by atoms with Gasteiger partial charge in [0.25, 0.3) is 5.69 Å². The second-order valence-corrected chi connectivity index (χ2v) is 4.68. The van der Waals surface area contributed by atoms with E-state index in [2.05, 4.69) is 0 Å². The lowest BCUT2D eigenvalue weighted by atomic mass is 10.0. The number of fused-ring (bicyclic) bond motifs is 3. The first-order valence-electron chi connectivity index (χ1n) is 6.11. The first kappa shape index (κ1) is 12.3. The zero-order valence-electron chi connectivity index (χ0n) is 11.0. The molecule has 1 aromatic heterocycles. The summed E-state index contributed by atoms with van der Waals surface area (Å²) in [4.78, 5) is 22.3. The molecular weight excluding hydrogens is 258 g/mol. The van der Waals surface area contributed by atoms with Crippen LogP contribution in [0.1, 0.15) is 23.0 Å². The van der Waals surface area contributed by atoms with Gasteiger partial charge in [0.2, 0.25) is 0 Å². The van der Waals surface area contributed by atoms with Gasteiger partial charge in [0.05, 0.1) is 16.4 Å². The molecule has 5 nitrogen and oxygen atoms in total. The first-order chi connectivity index (χ1) is 9.50. The highest BCUT2D eigenvalue weighted by Gasteiger charge is 2.21. The Kier molecular flexibility index (Phi) is 2.57. The van der Waals surface area contributed by atoms with Gasteiger partial charge in [-0.25, -0.2) is 0 Å². The lowest BCUT2D eigenvalue weighted by Gasteiger charge is -2.01. The summed E-state index contributed by atoms with van der Waals surface area (Å²) in [5.41, 5.74) is 1.08. The normalized spacial score (nSPS) is 11.1. The minimum absolute atomic E-state index is 0.0167. The van der Waals surface area contributed by atoms with Crippen molar-refractivity contribution in [2.24, 2.45) is 0 Å². The maximum Gasteiger partial charge on any atom is 0.280 e. The van der Waals surface area contributed by atoms with E-state index in [9.17, 15) is 14.9 Å². The molecule has 5 heteroatoms. The monoisotopic (exact) mass is 269 g/mol. The predicted molar refractivity (Wildman–Crippen MR) is 75.1 cm³/mol. The highest BCUT2D eigenvalue weighted by Crippen LogP contribution is 2.37. The van der Waals surface area contributed by atoms with Crippen LogP contribution < -0.4 is 0 Å². The lowest BCUT2D eigenvalue weighted by molar-refractivity contribution is -0.383. The zero-order valence-corrected chi connectivity index (χ0v) is 11.0. The van der Waals surface area contributed by atoms with E-state index in [-0.39, 0.29) is 17.2 Å². The number of non-ortho nitro benzene ring substituents is 1. The number of nitro groups is 1. The van der Waals surface area contributed by atoms with Crippen molar-refractivity contribution in [1.29, 1.82) is 0 Å². The molecule has 0 spiro atoms. The summed E-state index contributed by atoms with van der Waals surface area (Å²) < 4.78 is 5.51. The van der Waals surface area contributed by atoms with Crippen molar-refractivity contribution in [1.82, 2.24) is 0 Å². The second-order valence-electron chi connectivity index (χ2n) is 4.68. The number of aryl methyl sites for hydroxylation is 1. The maximum absolute atomic E-state index is 11.6. The van der Waals surface area contributed by atoms with Crippen LogP contribution in [0.4, 0.5) is 5.69 Å². The van der Waals surface area contributed by atoms with E-state index in [1.807, 2.05) is 6.07 Å².